The average Bonchev–Trinajstić information content (AvgIpc) is 2.26. The minimum absolute atomic E-state index is 0.471. The molecular formula is C13H20ClNO. The number of methoxy groups -OCH3 is 1. The number of hydrogen-bond donors (Lipinski definition) is 1. The van der Waals surface area contributed by atoms with Gasteiger partial charge >= 0.3 is 0 Å². The van der Waals surface area contributed by atoms with Gasteiger partial charge in [-0.15, -0.1) is 0 Å². The summed E-state index contributed by atoms with van der Waals surface area (Å²) in [6.07, 6.45) is 0.933. The molecule has 0 aliphatic heterocycles. The van der Waals surface area contributed by atoms with E-state index in [9.17, 15) is 0 Å². The molecule has 1 N–H and O–H groups in total. The Balaban J connectivity index is 2.66. The van der Waals surface area contributed by atoms with Crippen LogP contribution >= 0.6 is 11.6 Å². The monoisotopic (exact) mass is 241 g/mol. The first-order chi connectivity index (χ1) is 7.63. The third-order valence-corrected chi connectivity index (χ3v) is 2.77. The van der Waals surface area contributed by atoms with Gasteiger partial charge in [0, 0.05) is 24.7 Å². The first-order valence-corrected chi connectivity index (χ1v) is 6.01. The lowest BCUT2D eigenvalue weighted by atomic mass is 10.1. The van der Waals surface area contributed by atoms with Crippen molar-refractivity contribution in [2.75, 3.05) is 13.7 Å². The van der Waals surface area contributed by atoms with Crippen LogP contribution in [-0.2, 0) is 17.7 Å². The topological polar surface area (TPSA) is 21.3 Å². The van der Waals surface area contributed by atoms with Crippen LogP contribution in [0, 0.1) is 0 Å². The van der Waals surface area contributed by atoms with Crippen molar-refractivity contribution in [1.29, 1.82) is 0 Å². The number of ether oxygens (including phenoxy) is 1. The molecule has 0 unspecified atom stereocenters. The number of halogens is 1. The Morgan fingerprint density at radius 2 is 2.12 bits per heavy atom. The third kappa shape index (κ3) is 4.52. The second-order valence-electron chi connectivity index (χ2n) is 4.20. The van der Waals surface area contributed by atoms with Crippen LogP contribution in [0.2, 0.25) is 5.02 Å². The summed E-state index contributed by atoms with van der Waals surface area (Å²) >= 11 is 6.14. The highest BCUT2D eigenvalue weighted by atomic mass is 35.5. The number of rotatable bonds is 6. The van der Waals surface area contributed by atoms with Gasteiger partial charge in [-0.2, -0.15) is 0 Å². The Hall–Kier alpha value is -0.570. The van der Waals surface area contributed by atoms with Gasteiger partial charge in [-0.05, 0) is 23.6 Å². The largest absolute Gasteiger partial charge is 0.384 e. The van der Waals surface area contributed by atoms with E-state index >= 15 is 0 Å². The lowest BCUT2D eigenvalue weighted by Crippen LogP contribution is -2.22. The van der Waals surface area contributed by atoms with Crippen molar-refractivity contribution < 1.29 is 4.74 Å². The second-order valence-corrected chi connectivity index (χ2v) is 4.61. The maximum Gasteiger partial charge on any atom is 0.0502 e. The Bertz CT molecular complexity index is 326. The van der Waals surface area contributed by atoms with Gasteiger partial charge in [0.25, 0.3) is 0 Å². The van der Waals surface area contributed by atoms with Crippen molar-refractivity contribution >= 4 is 11.6 Å². The molecular weight excluding hydrogens is 222 g/mol. The highest BCUT2D eigenvalue weighted by Crippen LogP contribution is 2.18. The zero-order chi connectivity index (χ0) is 12.0. The van der Waals surface area contributed by atoms with Crippen molar-refractivity contribution in [2.45, 2.75) is 32.9 Å². The molecule has 0 heterocycles. The Kier molecular flexibility index (Phi) is 5.81. The molecule has 0 aromatic heterocycles. The maximum atomic E-state index is 6.14. The van der Waals surface area contributed by atoms with Crippen molar-refractivity contribution in [3.05, 3.63) is 34.3 Å². The summed E-state index contributed by atoms with van der Waals surface area (Å²) in [5.74, 6) is 0. The molecule has 2 nitrogen and oxygen atoms in total. The van der Waals surface area contributed by atoms with E-state index in [0.29, 0.717) is 6.04 Å². The van der Waals surface area contributed by atoms with E-state index in [4.69, 9.17) is 16.3 Å². The molecule has 90 valence electrons. The summed E-state index contributed by atoms with van der Waals surface area (Å²) in [5, 5.41) is 4.20. The minimum Gasteiger partial charge on any atom is -0.384 e. The molecule has 3 heteroatoms. The van der Waals surface area contributed by atoms with Crippen LogP contribution in [0.25, 0.3) is 0 Å². The van der Waals surface area contributed by atoms with Gasteiger partial charge < -0.3 is 10.1 Å². The van der Waals surface area contributed by atoms with Crippen LogP contribution in [0.5, 0.6) is 0 Å². The van der Waals surface area contributed by atoms with Gasteiger partial charge in [-0.25, -0.2) is 0 Å². The van der Waals surface area contributed by atoms with Crippen molar-refractivity contribution in [2.24, 2.45) is 0 Å². The molecule has 1 aromatic carbocycles. The fourth-order valence-corrected chi connectivity index (χ4v) is 1.64. The summed E-state index contributed by atoms with van der Waals surface area (Å²) in [7, 11) is 1.72. The molecule has 0 radical (unpaired) electrons. The normalized spacial score (nSPS) is 11.1. The molecule has 0 aliphatic rings. The van der Waals surface area contributed by atoms with E-state index in [-0.39, 0.29) is 0 Å². The van der Waals surface area contributed by atoms with Crippen LogP contribution in [0.15, 0.2) is 18.2 Å². The lowest BCUT2D eigenvalue weighted by molar-refractivity contribution is 0.202. The summed E-state index contributed by atoms with van der Waals surface area (Å²) in [6, 6.07) is 6.64. The maximum absolute atomic E-state index is 6.14. The van der Waals surface area contributed by atoms with E-state index in [1.165, 1.54) is 5.56 Å². The zero-order valence-corrected chi connectivity index (χ0v) is 11.0. The molecule has 0 atom stereocenters. The predicted octanol–water partition coefficient (Wildman–Crippen LogP) is 3.03. The predicted molar refractivity (Wildman–Crippen MR) is 69.0 cm³/mol. The number of benzene rings is 1. The Morgan fingerprint density at radius 1 is 1.38 bits per heavy atom. The summed E-state index contributed by atoms with van der Waals surface area (Å²) < 4.78 is 5.07. The minimum atomic E-state index is 0.471. The molecule has 0 bridgehead atoms. The molecule has 0 amide bonds. The van der Waals surface area contributed by atoms with Gasteiger partial charge in [-0.1, -0.05) is 37.6 Å². The molecule has 0 saturated heterocycles. The van der Waals surface area contributed by atoms with Crippen LogP contribution in [0.4, 0.5) is 0 Å². The van der Waals surface area contributed by atoms with Gasteiger partial charge in [-0.3, -0.25) is 0 Å². The van der Waals surface area contributed by atoms with E-state index in [2.05, 4.69) is 31.3 Å². The third-order valence-electron chi connectivity index (χ3n) is 2.41. The molecule has 0 fully saturated rings. The van der Waals surface area contributed by atoms with E-state index in [1.54, 1.807) is 7.11 Å². The van der Waals surface area contributed by atoms with E-state index in [1.807, 2.05) is 6.07 Å². The number of nitrogens with one attached hydrogen (secondary N) is 1. The van der Waals surface area contributed by atoms with E-state index in [0.717, 1.165) is 30.2 Å². The summed E-state index contributed by atoms with van der Waals surface area (Å²) in [6.45, 7) is 5.82. The van der Waals surface area contributed by atoms with E-state index < -0.39 is 0 Å². The Morgan fingerprint density at radius 3 is 2.75 bits per heavy atom. The van der Waals surface area contributed by atoms with Crippen molar-refractivity contribution in [3.8, 4) is 0 Å². The van der Waals surface area contributed by atoms with Gasteiger partial charge in [0.2, 0.25) is 0 Å². The van der Waals surface area contributed by atoms with Crippen molar-refractivity contribution in [3.63, 3.8) is 0 Å². The van der Waals surface area contributed by atoms with Crippen LogP contribution in [-0.4, -0.2) is 19.8 Å². The van der Waals surface area contributed by atoms with Crippen LogP contribution < -0.4 is 5.32 Å². The molecule has 0 aliphatic carbocycles. The summed E-state index contributed by atoms with van der Waals surface area (Å²) in [5.41, 5.74) is 2.43. The highest BCUT2D eigenvalue weighted by molar-refractivity contribution is 6.31. The fraction of sp³-hybridized carbons (Fsp3) is 0.538. The zero-order valence-electron chi connectivity index (χ0n) is 10.2. The Labute approximate surface area is 103 Å². The molecule has 0 saturated carbocycles. The average molecular weight is 242 g/mol. The smallest absolute Gasteiger partial charge is 0.0502 e. The molecule has 1 rings (SSSR count). The van der Waals surface area contributed by atoms with Crippen LogP contribution in [0.1, 0.15) is 25.0 Å². The first kappa shape index (κ1) is 13.5. The highest BCUT2D eigenvalue weighted by Gasteiger charge is 2.03. The SMILES string of the molecule is COCCc1ccc(Cl)c(CNC(C)C)c1. The quantitative estimate of drug-likeness (QED) is 0.827. The second kappa shape index (κ2) is 6.89. The standard InChI is InChI=1S/C13H20ClNO/c1-10(2)15-9-12-8-11(6-7-16-3)4-5-13(12)14/h4-5,8,10,15H,6-7,9H2,1-3H3. The number of hydrogen-bond acceptors (Lipinski definition) is 2. The molecule has 1 aromatic rings. The lowest BCUT2D eigenvalue weighted by Gasteiger charge is -2.11. The molecule has 0 spiro atoms. The van der Waals surface area contributed by atoms with Crippen molar-refractivity contribution in [1.82, 2.24) is 5.32 Å². The van der Waals surface area contributed by atoms with Gasteiger partial charge in [0.15, 0.2) is 0 Å². The molecule has 16 heavy (non-hydrogen) atoms. The summed E-state index contributed by atoms with van der Waals surface area (Å²) in [4.78, 5) is 0. The van der Waals surface area contributed by atoms with Crippen LogP contribution in [0.3, 0.4) is 0 Å². The first-order valence-electron chi connectivity index (χ1n) is 5.63. The van der Waals surface area contributed by atoms with Gasteiger partial charge in [0.1, 0.15) is 0 Å². The van der Waals surface area contributed by atoms with Gasteiger partial charge in [0.05, 0.1) is 6.61 Å². The fourth-order valence-electron chi connectivity index (χ4n) is 1.45.